The average Bonchev–Trinajstić information content (AvgIpc) is 2.65. The summed E-state index contributed by atoms with van der Waals surface area (Å²) in [6, 6.07) is 5.10. The van der Waals surface area contributed by atoms with Crippen LogP contribution in [0.2, 0.25) is 0 Å². The zero-order chi connectivity index (χ0) is 19.2. The molecule has 1 saturated heterocycles. The molecule has 1 heterocycles. The number of hydrogen-bond donors (Lipinski definition) is 1. The monoisotopic (exact) mass is 384 g/mol. The number of benzene rings is 1. The fraction of sp³-hybridized carbons (Fsp3) is 0.611. The lowest BCUT2D eigenvalue weighted by Gasteiger charge is -2.32. The van der Waals surface area contributed by atoms with E-state index in [1.165, 1.54) is 14.2 Å². The number of methoxy groups -OCH3 is 2. The second kappa shape index (κ2) is 9.23. The molecule has 0 bridgehead atoms. The number of nitrogens with zero attached hydrogens (tertiary/aromatic N) is 1. The van der Waals surface area contributed by atoms with E-state index in [0.29, 0.717) is 49.4 Å². The van der Waals surface area contributed by atoms with Crippen molar-refractivity contribution >= 4 is 15.9 Å². The van der Waals surface area contributed by atoms with Crippen LogP contribution in [0.1, 0.15) is 43.0 Å². The SMILES string of the molecule is CCCCS(=O)(=O)NC1CCN(C(=O)c2c(OC)cccc2OC)CC1. The maximum Gasteiger partial charge on any atom is 0.261 e. The van der Waals surface area contributed by atoms with Crippen LogP contribution >= 0.6 is 0 Å². The van der Waals surface area contributed by atoms with Crippen LogP contribution < -0.4 is 14.2 Å². The molecule has 1 aliphatic rings. The van der Waals surface area contributed by atoms with Gasteiger partial charge in [-0.25, -0.2) is 13.1 Å². The van der Waals surface area contributed by atoms with Crippen molar-refractivity contribution in [2.75, 3.05) is 33.1 Å². The minimum Gasteiger partial charge on any atom is -0.496 e. The van der Waals surface area contributed by atoms with Crippen LogP contribution in [0, 0.1) is 0 Å². The standard InChI is InChI=1S/C18H28N2O5S/c1-4-5-13-26(22,23)19-14-9-11-20(12-10-14)18(21)17-15(24-2)7-6-8-16(17)25-3/h6-8,14,19H,4-5,9-13H2,1-3H3. The van der Waals surface area contributed by atoms with Gasteiger partial charge in [0.1, 0.15) is 17.1 Å². The summed E-state index contributed by atoms with van der Waals surface area (Å²) in [7, 11) is -0.215. The maximum absolute atomic E-state index is 12.9. The van der Waals surface area contributed by atoms with Crippen LogP contribution in [-0.2, 0) is 10.0 Å². The van der Waals surface area contributed by atoms with Gasteiger partial charge in [0.25, 0.3) is 5.91 Å². The molecule has 0 aliphatic carbocycles. The molecule has 1 aromatic rings. The number of carbonyl (C=O) groups is 1. The van der Waals surface area contributed by atoms with E-state index < -0.39 is 10.0 Å². The van der Waals surface area contributed by atoms with E-state index in [1.807, 2.05) is 6.92 Å². The lowest BCUT2D eigenvalue weighted by molar-refractivity contribution is 0.0704. The van der Waals surface area contributed by atoms with Crippen LogP contribution in [0.3, 0.4) is 0 Å². The first-order valence-corrected chi connectivity index (χ1v) is 10.6. The Labute approximate surface area is 155 Å². The van der Waals surface area contributed by atoms with E-state index >= 15 is 0 Å². The number of piperidine rings is 1. The van der Waals surface area contributed by atoms with Crippen LogP contribution in [0.25, 0.3) is 0 Å². The summed E-state index contributed by atoms with van der Waals surface area (Å²) in [5.74, 6) is 0.932. The molecule has 1 fully saturated rings. The molecule has 146 valence electrons. The molecule has 0 aromatic heterocycles. The van der Waals surface area contributed by atoms with E-state index in [1.54, 1.807) is 23.1 Å². The highest BCUT2D eigenvalue weighted by atomic mass is 32.2. The number of amides is 1. The first-order chi connectivity index (χ1) is 12.4. The Hall–Kier alpha value is -1.80. The van der Waals surface area contributed by atoms with E-state index in [9.17, 15) is 13.2 Å². The first-order valence-electron chi connectivity index (χ1n) is 8.92. The average molecular weight is 384 g/mol. The highest BCUT2D eigenvalue weighted by Crippen LogP contribution is 2.30. The van der Waals surface area contributed by atoms with Crippen LogP contribution in [-0.4, -0.2) is 58.3 Å². The van der Waals surface area contributed by atoms with E-state index in [-0.39, 0.29) is 17.7 Å². The number of rotatable bonds is 8. The maximum atomic E-state index is 12.9. The summed E-state index contributed by atoms with van der Waals surface area (Å²) in [4.78, 5) is 14.6. The Kier molecular flexibility index (Phi) is 7.28. The van der Waals surface area contributed by atoms with Gasteiger partial charge in [-0.05, 0) is 31.4 Å². The van der Waals surface area contributed by atoms with Gasteiger partial charge < -0.3 is 14.4 Å². The zero-order valence-electron chi connectivity index (χ0n) is 15.7. The Balaban J connectivity index is 2.01. The number of nitrogens with one attached hydrogen (secondary N) is 1. The molecule has 1 amide bonds. The molecule has 26 heavy (non-hydrogen) atoms. The first kappa shape index (κ1) is 20.5. The van der Waals surface area contributed by atoms with Gasteiger partial charge in [0, 0.05) is 19.1 Å². The van der Waals surface area contributed by atoms with Crippen molar-refractivity contribution in [3.05, 3.63) is 23.8 Å². The number of hydrogen-bond acceptors (Lipinski definition) is 5. The molecular weight excluding hydrogens is 356 g/mol. The predicted octanol–water partition coefficient (Wildman–Crippen LogP) is 2.03. The molecule has 2 rings (SSSR count). The molecule has 0 atom stereocenters. The summed E-state index contributed by atoms with van der Waals surface area (Å²) in [6.07, 6.45) is 2.68. The van der Waals surface area contributed by atoms with Gasteiger partial charge in [0.05, 0.1) is 20.0 Å². The second-order valence-corrected chi connectivity index (χ2v) is 8.27. The van der Waals surface area contributed by atoms with Crippen molar-refractivity contribution in [2.45, 2.75) is 38.6 Å². The van der Waals surface area contributed by atoms with Gasteiger partial charge in [-0.2, -0.15) is 0 Å². The minimum absolute atomic E-state index is 0.125. The molecule has 0 spiro atoms. The van der Waals surface area contributed by atoms with Gasteiger partial charge in [-0.3, -0.25) is 4.79 Å². The molecule has 0 saturated carbocycles. The molecule has 1 N–H and O–H groups in total. The molecular formula is C18H28N2O5S. The quantitative estimate of drug-likeness (QED) is 0.741. The summed E-state index contributed by atoms with van der Waals surface area (Å²) in [6.45, 7) is 2.94. The van der Waals surface area contributed by atoms with Gasteiger partial charge in [0.15, 0.2) is 0 Å². The molecule has 0 unspecified atom stereocenters. The van der Waals surface area contributed by atoms with Crippen molar-refractivity contribution < 1.29 is 22.7 Å². The summed E-state index contributed by atoms with van der Waals surface area (Å²) < 4.78 is 37.4. The summed E-state index contributed by atoms with van der Waals surface area (Å²) >= 11 is 0. The topological polar surface area (TPSA) is 84.9 Å². The Morgan fingerprint density at radius 2 is 1.77 bits per heavy atom. The summed E-state index contributed by atoms with van der Waals surface area (Å²) in [5, 5.41) is 0. The largest absolute Gasteiger partial charge is 0.496 e. The van der Waals surface area contributed by atoms with Crippen LogP contribution in [0.15, 0.2) is 18.2 Å². The highest BCUT2D eigenvalue weighted by Gasteiger charge is 2.29. The number of carbonyl (C=O) groups excluding carboxylic acids is 1. The van der Waals surface area contributed by atoms with Crippen molar-refractivity contribution in [1.29, 1.82) is 0 Å². The smallest absolute Gasteiger partial charge is 0.261 e. The van der Waals surface area contributed by atoms with Gasteiger partial charge in [-0.1, -0.05) is 19.4 Å². The molecule has 0 radical (unpaired) electrons. The lowest BCUT2D eigenvalue weighted by atomic mass is 10.0. The van der Waals surface area contributed by atoms with Crippen molar-refractivity contribution in [3.8, 4) is 11.5 Å². The number of unbranched alkanes of at least 4 members (excludes halogenated alkanes) is 1. The van der Waals surface area contributed by atoms with Gasteiger partial charge in [-0.15, -0.1) is 0 Å². The highest BCUT2D eigenvalue weighted by molar-refractivity contribution is 7.89. The van der Waals surface area contributed by atoms with Gasteiger partial charge >= 0.3 is 0 Å². The molecule has 1 aliphatic heterocycles. The van der Waals surface area contributed by atoms with Crippen LogP contribution in [0.4, 0.5) is 0 Å². The molecule has 7 nitrogen and oxygen atoms in total. The Morgan fingerprint density at radius 3 is 2.27 bits per heavy atom. The third-order valence-electron chi connectivity index (χ3n) is 4.54. The molecule has 1 aromatic carbocycles. The fourth-order valence-corrected chi connectivity index (χ4v) is 4.60. The van der Waals surface area contributed by atoms with E-state index in [2.05, 4.69) is 4.72 Å². The Bertz CT molecular complexity index is 690. The second-order valence-electron chi connectivity index (χ2n) is 6.39. The number of likely N-dealkylation sites (tertiary alicyclic amines) is 1. The van der Waals surface area contributed by atoms with E-state index in [4.69, 9.17) is 9.47 Å². The van der Waals surface area contributed by atoms with Crippen molar-refractivity contribution in [2.24, 2.45) is 0 Å². The summed E-state index contributed by atoms with van der Waals surface area (Å²) in [5.41, 5.74) is 0.402. The van der Waals surface area contributed by atoms with Crippen molar-refractivity contribution in [1.82, 2.24) is 9.62 Å². The minimum atomic E-state index is -3.25. The predicted molar refractivity (Wildman–Crippen MR) is 100 cm³/mol. The number of ether oxygens (including phenoxy) is 2. The number of sulfonamides is 1. The van der Waals surface area contributed by atoms with Crippen LogP contribution in [0.5, 0.6) is 11.5 Å². The third kappa shape index (κ3) is 5.11. The lowest BCUT2D eigenvalue weighted by Crippen LogP contribution is -2.47. The van der Waals surface area contributed by atoms with E-state index in [0.717, 1.165) is 6.42 Å². The third-order valence-corrected chi connectivity index (χ3v) is 6.06. The Morgan fingerprint density at radius 1 is 1.19 bits per heavy atom. The molecule has 8 heteroatoms. The van der Waals surface area contributed by atoms with Gasteiger partial charge in [0.2, 0.25) is 10.0 Å². The fourth-order valence-electron chi connectivity index (χ4n) is 3.07. The zero-order valence-corrected chi connectivity index (χ0v) is 16.5. The van der Waals surface area contributed by atoms with Crippen molar-refractivity contribution in [3.63, 3.8) is 0 Å². The normalized spacial score (nSPS) is 15.7.